The lowest BCUT2D eigenvalue weighted by molar-refractivity contribution is 0.461. The Bertz CT molecular complexity index is 1050. The summed E-state index contributed by atoms with van der Waals surface area (Å²) in [7, 11) is 0. The zero-order valence-electron chi connectivity index (χ0n) is 17.6. The number of thiocarbonyl (C=S) groups is 1. The Kier molecular flexibility index (Phi) is 5.07. The standard InChI is InChI=1S/C25H28N4S/c1-17-12-13-20(16-18(17)2)29-24(22-11-7-15-28(22)19-8-3-4-9-19)23(27-25(29)30)21-10-5-6-14-26-21/h5-7,10-16,19,23-24H,3-4,8-9H2,1-2H3,(H,27,30)/t23-,24+/m0/s1. The average molecular weight is 417 g/mol. The van der Waals surface area contributed by atoms with Gasteiger partial charge in [-0.15, -0.1) is 0 Å². The maximum atomic E-state index is 5.88. The molecule has 1 aromatic carbocycles. The summed E-state index contributed by atoms with van der Waals surface area (Å²) in [5, 5.41) is 4.35. The van der Waals surface area contributed by atoms with Crippen LogP contribution in [0.1, 0.15) is 66.3 Å². The fourth-order valence-electron chi connectivity index (χ4n) is 4.98. The first-order valence-electron chi connectivity index (χ1n) is 10.9. The number of rotatable bonds is 4. The Morgan fingerprint density at radius 2 is 1.83 bits per heavy atom. The van der Waals surface area contributed by atoms with E-state index >= 15 is 0 Å². The first-order valence-corrected chi connectivity index (χ1v) is 11.3. The summed E-state index contributed by atoms with van der Waals surface area (Å²) in [4.78, 5) is 6.98. The van der Waals surface area contributed by atoms with Gasteiger partial charge in [0.05, 0.1) is 11.7 Å². The summed E-state index contributed by atoms with van der Waals surface area (Å²) >= 11 is 5.88. The van der Waals surface area contributed by atoms with E-state index in [9.17, 15) is 0 Å². The molecule has 1 aliphatic carbocycles. The molecule has 2 atom stereocenters. The van der Waals surface area contributed by atoms with E-state index < -0.39 is 0 Å². The second kappa shape index (κ2) is 7.88. The van der Waals surface area contributed by atoms with Crippen molar-refractivity contribution < 1.29 is 0 Å². The molecule has 3 aromatic rings. The van der Waals surface area contributed by atoms with Crippen molar-refractivity contribution >= 4 is 23.0 Å². The predicted octanol–water partition coefficient (Wildman–Crippen LogP) is 5.79. The monoisotopic (exact) mass is 416 g/mol. The van der Waals surface area contributed by atoms with Gasteiger partial charge in [-0.3, -0.25) is 4.98 Å². The Morgan fingerprint density at radius 3 is 2.57 bits per heavy atom. The SMILES string of the molecule is Cc1ccc(N2C(=S)N[C@@H](c3ccccn3)[C@H]2c2cccn2C2CCCC2)cc1C. The summed E-state index contributed by atoms with van der Waals surface area (Å²) < 4.78 is 2.50. The van der Waals surface area contributed by atoms with Gasteiger partial charge in [-0.25, -0.2) is 0 Å². The van der Waals surface area contributed by atoms with Gasteiger partial charge in [0, 0.05) is 29.8 Å². The number of anilines is 1. The molecule has 1 N–H and O–H groups in total. The second-order valence-electron chi connectivity index (χ2n) is 8.54. The summed E-state index contributed by atoms with van der Waals surface area (Å²) in [5.74, 6) is 0. The molecule has 1 saturated heterocycles. The molecule has 2 aromatic heterocycles. The van der Waals surface area contributed by atoms with Crippen molar-refractivity contribution in [2.45, 2.75) is 57.7 Å². The van der Waals surface area contributed by atoms with Crippen LogP contribution >= 0.6 is 12.2 Å². The largest absolute Gasteiger partial charge is 0.351 e. The fraction of sp³-hybridized carbons (Fsp3) is 0.360. The van der Waals surface area contributed by atoms with E-state index in [0.717, 1.165) is 16.5 Å². The minimum Gasteiger partial charge on any atom is -0.351 e. The van der Waals surface area contributed by atoms with Gasteiger partial charge in [-0.1, -0.05) is 25.0 Å². The Balaban J connectivity index is 1.63. The smallest absolute Gasteiger partial charge is 0.174 e. The first kappa shape index (κ1) is 19.3. The minimum atomic E-state index is 0.00959. The van der Waals surface area contributed by atoms with Crippen LogP contribution < -0.4 is 10.2 Å². The summed E-state index contributed by atoms with van der Waals surface area (Å²) in [5.41, 5.74) is 6.04. The molecule has 4 nitrogen and oxygen atoms in total. The van der Waals surface area contributed by atoms with Crippen LogP contribution in [0.3, 0.4) is 0 Å². The molecule has 0 spiro atoms. The number of aromatic nitrogens is 2. The predicted molar refractivity (Wildman–Crippen MR) is 126 cm³/mol. The Morgan fingerprint density at radius 1 is 1.00 bits per heavy atom. The molecule has 154 valence electrons. The van der Waals surface area contributed by atoms with Gasteiger partial charge in [-0.2, -0.15) is 0 Å². The number of pyridine rings is 1. The van der Waals surface area contributed by atoms with Gasteiger partial charge in [0.1, 0.15) is 6.04 Å². The highest BCUT2D eigenvalue weighted by Gasteiger charge is 2.42. The molecule has 5 heteroatoms. The van der Waals surface area contributed by atoms with Crippen molar-refractivity contribution in [3.05, 3.63) is 83.4 Å². The van der Waals surface area contributed by atoms with Crippen LogP contribution in [0.25, 0.3) is 0 Å². The molecular weight excluding hydrogens is 388 g/mol. The van der Waals surface area contributed by atoms with Crippen molar-refractivity contribution in [1.82, 2.24) is 14.9 Å². The molecule has 2 fully saturated rings. The Hall–Kier alpha value is -2.66. The van der Waals surface area contributed by atoms with E-state index in [4.69, 9.17) is 12.2 Å². The molecule has 1 aliphatic heterocycles. The first-order chi connectivity index (χ1) is 14.6. The summed E-state index contributed by atoms with van der Waals surface area (Å²) in [6.07, 6.45) is 9.25. The lowest BCUT2D eigenvalue weighted by atomic mass is 9.99. The number of aryl methyl sites for hydroxylation is 2. The van der Waals surface area contributed by atoms with E-state index in [-0.39, 0.29) is 12.1 Å². The van der Waals surface area contributed by atoms with E-state index in [1.807, 2.05) is 12.3 Å². The van der Waals surface area contributed by atoms with Crippen LogP contribution in [0.4, 0.5) is 5.69 Å². The number of benzene rings is 1. The van der Waals surface area contributed by atoms with Crippen LogP contribution in [0.2, 0.25) is 0 Å². The summed E-state index contributed by atoms with van der Waals surface area (Å²) in [6, 6.07) is 17.8. The van der Waals surface area contributed by atoms with E-state index in [1.165, 1.54) is 42.5 Å². The second-order valence-corrected chi connectivity index (χ2v) is 8.93. The van der Waals surface area contributed by atoms with Gasteiger partial charge in [0.25, 0.3) is 0 Å². The molecule has 5 rings (SSSR count). The third-order valence-electron chi connectivity index (χ3n) is 6.70. The highest BCUT2D eigenvalue weighted by Crippen LogP contribution is 2.43. The van der Waals surface area contributed by atoms with Crippen molar-refractivity contribution in [3.8, 4) is 0 Å². The average Bonchev–Trinajstić information content (AvgIpc) is 3.49. The number of hydrogen-bond acceptors (Lipinski definition) is 2. The van der Waals surface area contributed by atoms with Gasteiger partial charge in [-0.05, 0) is 86.4 Å². The van der Waals surface area contributed by atoms with Gasteiger partial charge in [0.2, 0.25) is 0 Å². The molecule has 0 unspecified atom stereocenters. The van der Waals surface area contributed by atoms with Crippen LogP contribution in [0.5, 0.6) is 0 Å². The van der Waals surface area contributed by atoms with E-state index in [1.54, 1.807) is 0 Å². The maximum absolute atomic E-state index is 5.88. The van der Waals surface area contributed by atoms with Crippen molar-refractivity contribution in [1.29, 1.82) is 0 Å². The summed E-state index contributed by atoms with van der Waals surface area (Å²) in [6.45, 7) is 4.32. The molecule has 30 heavy (non-hydrogen) atoms. The quantitative estimate of drug-likeness (QED) is 0.546. The van der Waals surface area contributed by atoms with Crippen molar-refractivity contribution in [3.63, 3.8) is 0 Å². The molecule has 2 aliphatic rings. The van der Waals surface area contributed by atoms with Crippen molar-refractivity contribution in [2.75, 3.05) is 4.90 Å². The van der Waals surface area contributed by atoms with Gasteiger partial charge >= 0.3 is 0 Å². The minimum absolute atomic E-state index is 0.00959. The highest BCUT2D eigenvalue weighted by molar-refractivity contribution is 7.80. The molecule has 3 heterocycles. The van der Waals surface area contributed by atoms with Crippen LogP contribution in [-0.4, -0.2) is 14.7 Å². The van der Waals surface area contributed by atoms with Gasteiger partial charge in [0.15, 0.2) is 5.11 Å². The van der Waals surface area contributed by atoms with E-state index in [2.05, 4.69) is 82.3 Å². The number of nitrogens with one attached hydrogen (secondary N) is 1. The number of nitrogens with zero attached hydrogens (tertiary/aromatic N) is 3. The molecule has 0 radical (unpaired) electrons. The topological polar surface area (TPSA) is 33.1 Å². The number of hydrogen-bond donors (Lipinski definition) is 1. The lowest BCUT2D eigenvalue weighted by Crippen LogP contribution is -2.30. The zero-order chi connectivity index (χ0) is 20.7. The molecular formula is C25H28N4S. The van der Waals surface area contributed by atoms with Crippen LogP contribution in [-0.2, 0) is 0 Å². The third-order valence-corrected chi connectivity index (χ3v) is 7.01. The van der Waals surface area contributed by atoms with Crippen molar-refractivity contribution in [2.24, 2.45) is 0 Å². The highest BCUT2D eigenvalue weighted by atomic mass is 32.1. The van der Waals surface area contributed by atoms with E-state index in [0.29, 0.717) is 6.04 Å². The molecule has 0 amide bonds. The fourth-order valence-corrected chi connectivity index (χ4v) is 5.33. The van der Waals surface area contributed by atoms with Crippen LogP contribution in [0, 0.1) is 13.8 Å². The third kappa shape index (κ3) is 3.31. The normalized spacial score (nSPS) is 21.9. The Labute approximate surface area is 183 Å². The lowest BCUT2D eigenvalue weighted by Gasteiger charge is -2.30. The van der Waals surface area contributed by atoms with Crippen LogP contribution in [0.15, 0.2) is 60.9 Å². The van der Waals surface area contributed by atoms with Gasteiger partial charge < -0.3 is 14.8 Å². The zero-order valence-corrected chi connectivity index (χ0v) is 18.4. The molecule has 1 saturated carbocycles. The maximum Gasteiger partial charge on any atom is 0.174 e. The molecule has 0 bridgehead atoms.